The Labute approximate surface area is 244 Å². The van der Waals surface area contributed by atoms with Crippen molar-refractivity contribution >= 4 is 32.3 Å². The Kier molecular flexibility index (Phi) is 5.82. The van der Waals surface area contributed by atoms with Crippen molar-refractivity contribution in [1.82, 2.24) is 9.97 Å². The Morgan fingerprint density at radius 1 is 0.286 bits per heavy atom. The molecule has 8 aromatic rings. The van der Waals surface area contributed by atoms with Gasteiger partial charge in [0.25, 0.3) is 0 Å². The molecular weight excluding hydrogens is 508 g/mol. The molecule has 196 valence electrons. The second-order valence-electron chi connectivity index (χ2n) is 10.6. The van der Waals surface area contributed by atoms with Gasteiger partial charge >= 0.3 is 0 Å². The molecule has 0 radical (unpaired) electrons. The average molecular weight is 535 g/mol. The van der Waals surface area contributed by atoms with Crippen molar-refractivity contribution in [3.8, 4) is 44.8 Å². The van der Waals surface area contributed by atoms with Gasteiger partial charge in [0.05, 0.1) is 11.4 Å². The Morgan fingerprint density at radius 3 is 1.05 bits per heavy atom. The molecule has 2 heterocycles. The minimum Gasteiger partial charge on any atom is -0.256 e. The molecular formula is C40H26N2. The molecule has 0 saturated heterocycles. The van der Waals surface area contributed by atoms with Crippen LogP contribution in [0.25, 0.3) is 77.1 Å². The first kappa shape index (κ1) is 24.2. The van der Waals surface area contributed by atoms with E-state index >= 15 is 0 Å². The molecule has 0 spiro atoms. The average Bonchev–Trinajstić information content (AvgIpc) is 3.08. The molecule has 0 aliphatic heterocycles. The molecule has 42 heavy (non-hydrogen) atoms. The largest absolute Gasteiger partial charge is 0.256 e. The third-order valence-corrected chi connectivity index (χ3v) is 8.18. The standard InChI is InChI=1S/C40H26N2/c1-3-11-27(12-4-1)29-19-21-39(41-25-29)37-23-35-32-16-8-10-18-34(32)38(24-36(35)31-15-7-9-17-33(31)37)40-22-20-30(26-42-40)28-13-5-2-6-14-28/h1-26H. The van der Waals surface area contributed by atoms with Gasteiger partial charge in [-0.05, 0) is 67.7 Å². The van der Waals surface area contributed by atoms with Crippen LogP contribution in [-0.4, -0.2) is 9.97 Å². The van der Waals surface area contributed by atoms with Gasteiger partial charge in [-0.25, -0.2) is 0 Å². The SMILES string of the molecule is c1ccc(-c2ccc(-c3cc4c5ccccc5c(-c5ccc(-c6ccccc6)cn5)cc4c4ccccc34)nc2)cc1. The number of hydrogen-bond donors (Lipinski definition) is 0. The zero-order valence-electron chi connectivity index (χ0n) is 22.9. The Morgan fingerprint density at radius 2 is 0.667 bits per heavy atom. The second-order valence-corrected chi connectivity index (χ2v) is 10.6. The minimum absolute atomic E-state index is 0.971. The Bertz CT molecular complexity index is 2040. The summed E-state index contributed by atoms with van der Waals surface area (Å²) < 4.78 is 0. The van der Waals surface area contributed by atoms with Crippen molar-refractivity contribution in [3.63, 3.8) is 0 Å². The van der Waals surface area contributed by atoms with Crippen molar-refractivity contribution in [2.24, 2.45) is 0 Å². The maximum absolute atomic E-state index is 4.95. The highest BCUT2D eigenvalue weighted by molar-refractivity contribution is 6.23. The molecule has 2 heteroatoms. The van der Waals surface area contributed by atoms with E-state index in [0.717, 1.165) is 33.6 Å². The molecule has 0 N–H and O–H groups in total. The van der Waals surface area contributed by atoms with Gasteiger partial charge in [0, 0.05) is 34.6 Å². The summed E-state index contributed by atoms with van der Waals surface area (Å²) in [5.74, 6) is 0. The maximum Gasteiger partial charge on any atom is 0.0708 e. The first-order valence-electron chi connectivity index (χ1n) is 14.2. The first-order valence-corrected chi connectivity index (χ1v) is 14.2. The number of aromatic nitrogens is 2. The van der Waals surface area contributed by atoms with E-state index in [4.69, 9.17) is 9.97 Å². The predicted molar refractivity (Wildman–Crippen MR) is 176 cm³/mol. The lowest BCUT2D eigenvalue weighted by Gasteiger charge is -2.15. The highest BCUT2D eigenvalue weighted by atomic mass is 14.7. The lowest BCUT2D eigenvalue weighted by molar-refractivity contribution is 1.33. The molecule has 0 aliphatic carbocycles. The van der Waals surface area contributed by atoms with E-state index < -0.39 is 0 Å². The quantitative estimate of drug-likeness (QED) is 0.210. The summed E-state index contributed by atoms with van der Waals surface area (Å²) in [6, 6.07) is 51.4. The van der Waals surface area contributed by atoms with Crippen LogP contribution in [0.15, 0.2) is 158 Å². The van der Waals surface area contributed by atoms with Crippen molar-refractivity contribution in [3.05, 3.63) is 158 Å². The van der Waals surface area contributed by atoms with E-state index in [0.29, 0.717) is 0 Å². The monoisotopic (exact) mass is 534 g/mol. The van der Waals surface area contributed by atoms with Gasteiger partial charge in [0.15, 0.2) is 0 Å². The van der Waals surface area contributed by atoms with E-state index in [1.807, 2.05) is 24.5 Å². The zero-order chi connectivity index (χ0) is 27.9. The number of hydrogen-bond acceptors (Lipinski definition) is 2. The van der Waals surface area contributed by atoms with Crippen LogP contribution < -0.4 is 0 Å². The summed E-state index contributed by atoms with van der Waals surface area (Å²) in [7, 11) is 0. The summed E-state index contributed by atoms with van der Waals surface area (Å²) in [5.41, 5.74) is 8.79. The molecule has 0 saturated carbocycles. The Balaban J connectivity index is 1.32. The number of pyridine rings is 2. The molecule has 2 nitrogen and oxygen atoms in total. The fraction of sp³-hybridized carbons (Fsp3) is 0. The topological polar surface area (TPSA) is 25.8 Å². The molecule has 2 aromatic heterocycles. The van der Waals surface area contributed by atoms with Crippen LogP contribution in [0.4, 0.5) is 0 Å². The number of nitrogens with zero attached hydrogens (tertiary/aromatic N) is 2. The van der Waals surface area contributed by atoms with Crippen LogP contribution in [0.3, 0.4) is 0 Å². The second kappa shape index (κ2) is 10.1. The van der Waals surface area contributed by atoms with Crippen molar-refractivity contribution in [2.75, 3.05) is 0 Å². The summed E-state index contributed by atoms with van der Waals surface area (Å²) in [5, 5.41) is 7.26. The van der Waals surface area contributed by atoms with Crippen molar-refractivity contribution < 1.29 is 0 Å². The third kappa shape index (κ3) is 4.13. The highest BCUT2D eigenvalue weighted by Crippen LogP contribution is 2.41. The molecule has 6 aromatic carbocycles. The van der Waals surface area contributed by atoms with Crippen molar-refractivity contribution in [1.29, 1.82) is 0 Å². The smallest absolute Gasteiger partial charge is 0.0708 e. The van der Waals surface area contributed by atoms with Gasteiger partial charge in [0.2, 0.25) is 0 Å². The van der Waals surface area contributed by atoms with E-state index in [-0.39, 0.29) is 0 Å². The fourth-order valence-electron chi connectivity index (χ4n) is 6.08. The van der Waals surface area contributed by atoms with Crippen LogP contribution in [0.2, 0.25) is 0 Å². The minimum atomic E-state index is 0.971. The lowest BCUT2D eigenvalue weighted by Crippen LogP contribution is -1.92. The molecule has 0 fully saturated rings. The normalized spacial score (nSPS) is 11.3. The molecule has 0 unspecified atom stereocenters. The van der Waals surface area contributed by atoms with Gasteiger partial charge in [-0.2, -0.15) is 0 Å². The van der Waals surface area contributed by atoms with Gasteiger partial charge in [-0.3, -0.25) is 9.97 Å². The first-order chi connectivity index (χ1) is 20.8. The summed E-state index contributed by atoms with van der Waals surface area (Å²) in [4.78, 5) is 9.90. The number of benzene rings is 6. The summed E-state index contributed by atoms with van der Waals surface area (Å²) >= 11 is 0. The molecule has 8 rings (SSSR count). The van der Waals surface area contributed by atoms with Gasteiger partial charge < -0.3 is 0 Å². The van der Waals surface area contributed by atoms with Gasteiger partial charge in [0.1, 0.15) is 0 Å². The van der Waals surface area contributed by atoms with Crippen molar-refractivity contribution in [2.45, 2.75) is 0 Å². The van der Waals surface area contributed by atoms with Crippen LogP contribution in [-0.2, 0) is 0 Å². The van der Waals surface area contributed by atoms with Gasteiger partial charge in [-0.1, -0.05) is 121 Å². The van der Waals surface area contributed by atoms with Gasteiger partial charge in [-0.15, -0.1) is 0 Å². The molecule has 0 bridgehead atoms. The third-order valence-electron chi connectivity index (χ3n) is 8.18. The molecule has 0 amide bonds. The summed E-state index contributed by atoms with van der Waals surface area (Å²) in [6.45, 7) is 0. The van der Waals surface area contributed by atoms with Crippen LogP contribution >= 0.6 is 0 Å². The van der Waals surface area contributed by atoms with E-state index in [2.05, 4.69) is 133 Å². The summed E-state index contributed by atoms with van der Waals surface area (Å²) in [6.07, 6.45) is 3.96. The fourth-order valence-corrected chi connectivity index (χ4v) is 6.08. The maximum atomic E-state index is 4.95. The number of fused-ring (bicyclic) bond motifs is 5. The van der Waals surface area contributed by atoms with Crippen LogP contribution in [0.5, 0.6) is 0 Å². The highest BCUT2D eigenvalue weighted by Gasteiger charge is 2.15. The van der Waals surface area contributed by atoms with E-state index in [1.165, 1.54) is 43.4 Å². The predicted octanol–water partition coefficient (Wildman–Crippen LogP) is 10.6. The molecule has 0 atom stereocenters. The zero-order valence-corrected chi connectivity index (χ0v) is 22.9. The molecule has 0 aliphatic rings. The van der Waals surface area contributed by atoms with Crippen LogP contribution in [0.1, 0.15) is 0 Å². The van der Waals surface area contributed by atoms with Crippen LogP contribution in [0, 0.1) is 0 Å². The van der Waals surface area contributed by atoms with E-state index in [9.17, 15) is 0 Å². The number of rotatable bonds is 4. The lowest BCUT2D eigenvalue weighted by atomic mass is 9.89. The Hall–Kier alpha value is -5.60. The van der Waals surface area contributed by atoms with E-state index in [1.54, 1.807) is 0 Å².